The highest BCUT2D eigenvalue weighted by Gasteiger charge is 2.05. The Morgan fingerprint density at radius 2 is 2.05 bits per heavy atom. The molecule has 0 atom stereocenters. The molecule has 0 aliphatic carbocycles. The molecule has 0 unspecified atom stereocenters. The molecule has 21 heavy (non-hydrogen) atoms. The molecule has 0 aliphatic heterocycles. The molecule has 2 N–H and O–H groups in total. The van der Waals surface area contributed by atoms with Crippen molar-refractivity contribution in [2.24, 2.45) is 4.99 Å². The molecule has 1 heterocycles. The predicted octanol–water partition coefficient (Wildman–Crippen LogP) is 2.07. The standard InChI is InChI=1S/C14H22N4OS.HI/c1-11(2)7-15-14(17-9-13(19)18(3)4)16-8-12-5-6-20-10-12;/h5-6,10H,1,7-9H2,2-4H3,(H2,15,16,17);1H. The Labute approximate surface area is 147 Å². The van der Waals surface area contributed by atoms with Crippen LogP contribution in [0.15, 0.2) is 34.0 Å². The summed E-state index contributed by atoms with van der Waals surface area (Å²) in [5.74, 6) is 0.625. The quantitative estimate of drug-likeness (QED) is 0.320. The Morgan fingerprint density at radius 3 is 2.57 bits per heavy atom. The summed E-state index contributed by atoms with van der Waals surface area (Å²) in [7, 11) is 3.46. The number of amides is 1. The first kappa shape index (κ1) is 19.9. The predicted molar refractivity (Wildman–Crippen MR) is 100 cm³/mol. The van der Waals surface area contributed by atoms with Crippen LogP contribution in [0.4, 0.5) is 0 Å². The fourth-order valence-corrected chi connectivity index (χ4v) is 1.94. The van der Waals surface area contributed by atoms with Gasteiger partial charge in [-0.3, -0.25) is 4.79 Å². The highest BCUT2D eigenvalue weighted by molar-refractivity contribution is 14.0. The fraction of sp³-hybridized carbons (Fsp3) is 0.429. The Kier molecular flexibility index (Phi) is 10.1. The van der Waals surface area contributed by atoms with E-state index in [1.54, 1.807) is 30.3 Å². The third-order valence-electron chi connectivity index (χ3n) is 2.46. The van der Waals surface area contributed by atoms with Crippen LogP contribution in [0.3, 0.4) is 0 Å². The van der Waals surface area contributed by atoms with Gasteiger partial charge in [0.1, 0.15) is 0 Å². The first-order chi connectivity index (χ1) is 9.49. The molecular weight excluding hydrogens is 399 g/mol. The maximum Gasteiger partial charge on any atom is 0.241 e. The van der Waals surface area contributed by atoms with Crippen molar-refractivity contribution in [2.75, 3.05) is 27.2 Å². The smallest absolute Gasteiger partial charge is 0.241 e. The summed E-state index contributed by atoms with van der Waals surface area (Å²) in [6.45, 7) is 7.22. The van der Waals surface area contributed by atoms with Crippen molar-refractivity contribution in [2.45, 2.75) is 13.5 Å². The van der Waals surface area contributed by atoms with Gasteiger partial charge in [-0.1, -0.05) is 12.2 Å². The number of halogens is 1. The van der Waals surface area contributed by atoms with Crippen LogP contribution in [0.5, 0.6) is 0 Å². The molecule has 1 rings (SSSR count). The van der Waals surface area contributed by atoms with Crippen LogP contribution in [0.1, 0.15) is 12.5 Å². The number of carbonyl (C=O) groups excluding carboxylic acids is 1. The van der Waals surface area contributed by atoms with Crippen molar-refractivity contribution >= 4 is 47.2 Å². The number of thiophene rings is 1. The van der Waals surface area contributed by atoms with Crippen LogP contribution in [-0.2, 0) is 11.3 Å². The maximum atomic E-state index is 11.6. The number of nitrogens with one attached hydrogen (secondary N) is 2. The van der Waals surface area contributed by atoms with Crippen LogP contribution in [0.2, 0.25) is 0 Å². The SMILES string of the molecule is C=C(C)CNC(=NCc1ccsc1)NCC(=O)N(C)C.I. The Hall–Kier alpha value is -1.09. The van der Waals surface area contributed by atoms with Crippen molar-refractivity contribution < 1.29 is 4.79 Å². The summed E-state index contributed by atoms with van der Waals surface area (Å²) < 4.78 is 0. The second-order valence-corrected chi connectivity index (χ2v) is 5.53. The van der Waals surface area contributed by atoms with Crippen molar-refractivity contribution in [1.29, 1.82) is 0 Å². The third-order valence-corrected chi connectivity index (χ3v) is 3.20. The van der Waals surface area contributed by atoms with Crippen molar-refractivity contribution in [3.05, 3.63) is 34.5 Å². The first-order valence-electron chi connectivity index (χ1n) is 6.37. The van der Waals surface area contributed by atoms with E-state index in [-0.39, 0.29) is 36.4 Å². The van der Waals surface area contributed by atoms with Crippen LogP contribution in [0.25, 0.3) is 0 Å². The Bertz CT molecular complexity index is 471. The molecule has 118 valence electrons. The summed E-state index contributed by atoms with van der Waals surface area (Å²) in [4.78, 5) is 17.6. The minimum absolute atomic E-state index is 0. The Morgan fingerprint density at radius 1 is 1.38 bits per heavy atom. The average Bonchev–Trinajstić information content (AvgIpc) is 2.90. The highest BCUT2D eigenvalue weighted by atomic mass is 127. The van der Waals surface area contributed by atoms with E-state index in [2.05, 4.69) is 27.6 Å². The zero-order valence-corrected chi connectivity index (χ0v) is 15.8. The van der Waals surface area contributed by atoms with Crippen LogP contribution >= 0.6 is 35.3 Å². The fourth-order valence-electron chi connectivity index (χ4n) is 1.28. The summed E-state index contributed by atoms with van der Waals surface area (Å²) in [6, 6.07) is 2.04. The summed E-state index contributed by atoms with van der Waals surface area (Å²) in [5, 5.41) is 10.3. The van der Waals surface area contributed by atoms with E-state index in [1.165, 1.54) is 0 Å². The number of likely N-dealkylation sites (N-methyl/N-ethyl adjacent to an activating group) is 1. The molecular formula is C14H23IN4OS. The molecule has 0 fully saturated rings. The molecule has 0 radical (unpaired) electrons. The van der Waals surface area contributed by atoms with Gasteiger partial charge in [0, 0.05) is 20.6 Å². The summed E-state index contributed by atoms with van der Waals surface area (Å²) in [5.41, 5.74) is 2.17. The molecule has 0 aromatic carbocycles. The van der Waals surface area contributed by atoms with E-state index in [4.69, 9.17) is 0 Å². The molecule has 0 saturated heterocycles. The molecule has 1 aromatic rings. The number of rotatable bonds is 6. The normalized spacial score (nSPS) is 10.5. The van der Waals surface area contributed by atoms with Crippen LogP contribution in [0, 0.1) is 0 Å². The minimum Gasteiger partial charge on any atom is -0.353 e. The number of carbonyl (C=O) groups is 1. The molecule has 1 aromatic heterocycles. The first-order valence-corrected chi connectivity index (χ1v) is 7.31. The lowest BCUT2D eigenvalue weighted by atomic mass is 10.3. The second kappa shape index (κ2) is 10.6. The van der Waals surface area contributed by atoms with Gasteiger partial charge in [-0.05, 0) is 29.3 Å². The summed E-state index contributed by atoms with van der Waals surface area (Å²) in [6.07, 6.45) is 0. The number of hydrogen-bond acceptors (Lipinski definition) is 3. The van der Waals surface area contributed by atoms with Crippen molar-refractivity contribution in [3.8, 4) is 0 Å². The van der Waals surface area contributed by atoms with E-state index < -0.39 is 0 Å². The van der Waals surface area contributed by atoms with Crippen LogP contribution < -0.4 is 10.6 Å². The lowest BCUT2D eigenvalue weighted by molar-refractivity contribution is -0.127. The van der Waals surface area contributed by atoms with Gasteiger partial charge in [-0.25, -0.2) is 4.99 Å². The largest absolute Gasteiger partial charge is 0.353 e. The van der Waals surface area contributed by atoms with Gasteiger partial charge in [0.05, 0.1) is 13.1 Å². The number of guanidine groups is 1. The number of aliphatic imine (C=N–C) groups is 1. The van der Waals surface area contributed by atoms with Gasteiger partial charge in [-0.15, -0.1) is 24.0 Å². The van der Waals surface area contributed by atoms with Crippen molar-refractivity contribution in [1.82, 2.24) is 15.5 Å². The molecule has 1 amide bonds. The van der Waals surface area contributed by atoms with Gasteiger partial charge >= 0.3 is 0 Å². The maximum absolute atomic E-state index is 11.6. The molecule has 7 heteroatoms. The lowest BCUT2D eigenvalue weighted by Gasteiger charge is -2.14. The zero-order valence-electron chi connectivity index (χ0n) is 12.7. The molecule has 0 aliphatic rings. The molecule has 0 spiro atoms. The van der Waals surface area contributed by atoms with E-state index in [9.17, 15) is 4.79 Å². The van der Waals surface area contributed by atoms with Gasteiger partial charge in [-0.2, -0.15) is 11.3 Å². The molecule has 0 saturated carbocycles. The highest BCUT2D eigenvalue weighted by Crippen LogP contribution is 2.06. The third kappa shape index (κ3) is 8.71. The van der Waals surface area contributed by atoms with Crippen LogP contribution in [-0.4, -0.2) is 44.0 Å². The monoisotopic (exact) mass is 422 g/mol. The van der Waals surface area contributed by atoms with E-state index >= 15 is 0 Å². The summed E-state index contributed by atoms with van der Waals surface area (Å²) >= 11 is 1.65. The zero-order chi connectivity index (χ0) is 15.0. The van der Waals surface area contributed by atoms with Gasteiger partial charge in [0.15, 0.2) is 5.96 Å². The number of hydrogen-bond donors (Lipinski definition) is 2. The topological polar surface area (TPSA) is 56.7 Å². The molecule has 5 nitrogen and oxygen atoms in total. The van der Waals surface area contributed by atoms with Gasteiger partial charge < -0.3 is 15.5 Å². The molecule has 0 bridgehead atoms. The van der Waals surface area contributed by atoms with Gasteiger partial charge in [0.25, 0.3) is 0 Å². The van der Waals surface area contributed by atoms with E-state index in [0.717, 1.165) is 11.1 Å². The average molecular weight is 422 g/mol. The van der Waals surface area contributed by atoms with E-state index in [1.807, 2.05) is 18.4 Å². The second-order valence-electron chi connectivity index (χ2n) is 4.75. The Balaban J connectivity index is 0.00000400. The van der Waals surface area contributed by atoms with Gasteiger partial charge in [0.2, 0.25) is 5.91 Å². The van der Waals surface area contributed by atoms with Crippen molar-refractivity contribution in [3.63, 3.8) is 0 Å². The number of nitrogens with zero attached hydrogens (tertiary/aromatic N) is 2. The minimum atomic E-state index is 0. The lowest BCUT2D eigenvalue weighted by Crippen LogP contribution is -2.43. The van der Waals surface area contributed by atoms with E-state index in [0.29, 0.717) is 19.0 Å².